The number of alkyl halides is 3. The highest BCUT2D eigenvalue weighted by Gasteiger charge is 2.36. The summed E-state index contributed by atoms with van der Waals surface area (Å²) in [5.41, 5.74) is 5.34. The minimum absolute atomic E-state index is 0.227. The Morgan fingerprint density at radius 3 is 2.58 bits per heavy atom. The van der Waals surface area contributed by atoms with E-state index in [1.165, 1.54) is 0 Å². The molecule has 0 saturated heterocycles. The monoisotopic (exact) mass is 180 g/mol. The van der Waals surface area contributed by atoms with Gasteiger partial charge in [-0.3, -0.25) is 0 Å². The highest BCUT2D eigenvalue weighted by molar-refractivity contribution is 4.99. The van der Waals surface area contributed by atoms with Crippen molar-refractivity contribution in [1.29, 1.82) is 0 Å². The lowest BCUT2D eigenvalue weighted by Crippen LogP contribution is -2.07. The van der Waals surface area contributed by atoms with E-state index in [4.69, 9.17) is 5.73 Å². The molecule has 1 aromatic heterocycles. The summed E-state index contributed by atoms with van der Waals surface area (Å²) in [6.45, 7) is 0.254. The molecule has 12 heavy (non-hydrogen) atoms. The molecule has 0 spiro atoms. The summed E-state index contributed by atoms with van der Waals surface area (Å²) in [5, 5.41) is 0. The van der Waals surface area contributed by atoms with Crippen molar-refractivity contribution in [2.24, 2.45) is 5.73 Å². The van der Waals surface area contributed by atoms with Crippen LogP contribution in [0.5, 0.6) is 0 Å². The summed E-state index contributed by atoms with van der Waals surface area (Å²) in [6, 6.07) is 0. The van der Waals surface area contributed by atoms with Gasteiger partial charge in [0.2, 0.25) is 0 Å². The van der Waals surface area contributed by atoms with Gasteiger partial charge in [0.15, 0.2) is 0 Å². The molecule has 0 amide bonds. The van der Waals surface area contributed by atoms with E-state index in [2.05, 4.69) is 9.40 Å². The van der Waals surface area contributed by atoms with Crippen LogP contribution in [0.2, 0.25) is 0 Å². The van der Waals surface area contributed by atoms with Gasteiger partial charge in [-0.2, -0.15) is 13.2 Å². The van der Waals surface area contributed by atoms with Crippen molar-refractivity contribution in [1.82, 2.24) is 4.98 Å². The third kappa shape index (κ3) is 1.97. The number of nitrogens with zero attached hydrogens (tertiary/aromatic N) is 1. The first-order valence-corrected chi connectivity index (χ1v) is 3.25. The molecule has 0 radical (unpaired) electrons. The van der Waals surface area contributed by atoms with Crippen LogP contribution in [0, 0.1) is 0 Å². The molecule has 0 atom stereocenters. The lowest BCUT2D eigenvalue weighted by atomic mass is 10.3. The third-order valence-electron chi connectivity index (χ3n) is 1.19. The smallest absolute Gasteiger partial charge is 0.441 e. The second-order valence-corrected chi connectivity index (χ2v) is 2.18. The van der Waals surface area contributed by atoms with Gasteiger partial charge in [-0.05, 0) is 6.54 Å². The molecule has 68 valence electrons. The normalized spacial score (nSPS) is 12.0. The summed E-state index contributed by atoms with van der Waals surface area (Å²) in [6.07, 6.45) is -3.25. The highest BCUT2D eigenvalue weighted by Crippen LogP contribution is 2.28. The number of rotatable bonds is 2. The lowest BCUT2D eigenvalue weighted by molar-refractivity contribution is -0.157. The fourth-order valence-electron chi connectivity index (χ4n) is 0.700. The highest BCUT2D eigenvalue weighted by atomic mass is 19.4. The maximum atomic E-state index is 11.9. The van der Waals surface area contributed by atoms with Crippen molar-refractivity contribution in [3.8, 4) is 0 Å². The van der Waals surface area contributed by atoms with Crippen LogP contribution in [0.25, 0.3) is 0 Å². The Morgan fingerprint density at radius 2 is 2.17 bits per heavy atom. The van der Waals surface area contributed by atoms with Crippen LogP contribution < -0.4 is 5.73 Å². The summed E-state index contributed by atoms with van der Waals surface area (Å²) in [4.78, 5) is 3.20. The fraction of sp³-hybridized carbons (Fsp3) is 0.500. The Kier molecular flexibility index (Phi) is 2.37. The summed E-state index contributed by atoms with van der Waals surface area (Å²) in [7, 11) is 0. The molecule has 0 fully saturated rings. The van der Waals surface area contributed by atoms with Gasteiger partial charge in [0.1, 0.15) is 6.26 Å². The molecule has 0 unspecified atom stereocenters. The molecule has 6 heteroatoms. The van der Waals surface area contributed by atoms with Crippen molar-refractivity contribution in [2.75, 3.05) is 6.54 Å². The van der Waals surface area contributed by atoms with Crippen molar-refractivity contribution < 1.29 is 17.6 Å². The number of aromatic nitrogens is 1. The van der Waals surface area contributed by atoms with E-state index in [-0.39, 0.29) is 12.2 Å². The maximum absolute atomic E-state index is 11.9. The van der Waals surface area contributed by atoms with E-state index < -0.39 is 12.1 Å². The molecule has 0 bridgehead atoms. The van der Waals surface area contributed by atoms with Crippen molar-refractivity contribution in [3.63, 3.8) is 0 Å². The molecule has 1 aromatic rings. The minimum atomic E-state index is -4.51. The van der Waals surface area contributed by atoms with Gasteiger partial charge in [-0.25, -0.2) is 4.98 Å². The Bertz CT molecular complexity index is 256. The van der Waals surface area contributed by atoms with Gasteiger partial charge in [0.25, 0.3) is 0 Å². The van der Waals surface area contributed by atoms with Gasteiger partial charge in [0.05, 0.1) is 5.69 Å². The zero-order chi connectivity index (χ0) is 9.19. The van der Waals surface area contributed by atoms with E-state index in [1.54, 1.807) is 0 Å². The molecule has 0 saturated carbocycles. The molecule has 3 nitrogen and oxygen atoms in total. The van der Waals surface area contributed by atoms with Gasteiger partial charge < -0.3 is 10.2 Å². The first-order valence-electron chi connectivity index (χ1n) is 3.25. The fourth-order valence-corrected chi connectivity index (χ4v) is 0.700. The van der Waals surface area contributed by atoms with Gasteiger partial charge in [-0.1, -0.05) is 0 Å². The van der Waals surface area contributed by atoms with Gasteiger partial charge >= 0.3 is 12.1 Å². The number of hydrogen-bond acceptors (Lipinski definition) is 3. The predicted octanol–water partition coefficient (Wildman–Crippen LogP) is 1.19. The Morgan fingerprint density at radius 1 is 1.50 bits per heavy atom. The molecular formula is C6H7F3N2O. The average Bonchev–Trinajstić information content (AvgIpc) is 2.35. The van der Waals surface area contributed by atoms with Crippen molar-refractivity contribution in [2.45, 2.75) is 12.6 Å². The molecular weight excluding hydrogens is 173 g/mol. The summed E-state index contributed by atoms with van der Waals surface area (Å²) < 4.78 is 39.8. The Hall–Kier alpha value is -1.04. The predicted molar refractivity (Wildman–Crippen MR) is 34.3 cm³/mol. The molecule has 0 aliphatic heterocycles. The lowest BCUT2D eigenvalue weighted by Gasteiger charge is -1.97. The van der Waals surface area contributed by atoms with Crippen LogP contribution in [0.3, 0.4) is 0 Å². The van der Waals surface area contributed by atoms with E-state index in [0.29, 0.717) is 6.42 Å². The second kappa shape index (κ2) is 3.14. The van der Waals surface area contributed by atoms with Crippen LogP contribution in [-0.4, -0.2) is 11.5 Å². The van der Waals surface area contributed by atoms with Gasteiger partial charge in [0, 0.05) is 6.42 Å². The quantitative estimate of drug-likeness (QED) is 0.743. The first-order chi connectivity index (χ1) is 5.54. The van der Waals surface area contributed by atoms with Crippen LogP contribution in [-0.2, 0) is 12.6 Å². The molecule has 0 aliphatic carbocycles. The number of nitrogens with two attached hydrogens (primary N) is 1. The van der Waals surface area contributed by atoms with E-state index in [9.17, 15) is 13.2 Å². The van der Waals surface area contributed by atoms with E-state index in [1.807, 2.05) is 0 Å². The van der Waals surface area contributed by atoms with Gasteiger partial charge in [-0.15, -0.1) is 0 Å². The van der Waals surface area contributed by atoms with Crippen molar-refractivity contribution in [3.05, 3.63) is 17.8 Å². The third-order valence-corrected chi connectivity index (χ3v) is 1.19. The Labute approximate surface area is 66.4 Å². The average molecular weight is 180 g/mol. The van der Waals surface area contributed by atoms with Crippen LogP contribution in [0.4, 0.5) is 13.2 Å². The first kappa shape index (κ1) is 9.05. The largest absolute Gasteiger partial charge is 0.468 e. The van der Waals surface area contributed by atoms with Crippen LogP contribution >= 0.6 is 0 Å². The van der Waals surface area contributed by atoms with E-state index in [0.717, 1.165) is 6.26 Å². The number of oxazole rings is 1. The molecule has 1 heterocycles. The Balaban J connectivity index is 2.77. The van der Waals surface area contributed by atoms with Crippen LogP contribution in [0.15, 0.2) is 10.7 Å². The number of hydrogen-bond donors (Lipinski definition) is 1. The standard InChI is InChI=1S/C6H7F3N2O/c7-6(8,9)5-11-4(1-2-10)3-12-5/h3H,1-2,10H2. The molecule has 1 rings (SSSR count). The number of halogens is 3. The molecule has 2 N–H and O–H groups in total. The van der Waals surface area contributed by atoms with Crippen LogP contribution in [0.1, 0.15) is 11.6 Å². The van der Waals surface area contributed by atoms with Crippen molar-refractivity contribution >= 4 is 0 Å². The second-order valence-electron chi connectivity index (χ2n) is 2.18. The zero-order valence-corrected chi connectivity index (χ0v) is 6.06. The molecule has 0 aromatic carbocycles. The summed E-state index contributed by atoms with van der Waals surface area (Å²) >= 11 is 0. The maximum Gasteiger partial charge on any atom is 0.468 e. The minimum Gasteiger partial charge on any atom is -0.441 e. The topological polar surface area (TPSA) is 52.0 Å². The SMILES string of the molecule is NCCc1coc(C(F)(F)F)n1. The van der Waals surface area contributed by atoms with E-state index >= 15 is 0 Å². The zero-order valence-electron chi connectivity index (χ0n) is 6.06. The summed E-state index contributed by atoms with van der Waals surface area (Å²) in [5.74, 6) is -1.22. The molecule has 0 aliphatic rings.